The highest BCUT2D eigenvalue weighted by Crippen LogP contribution is 2.39. The summed E-state index contributed by atoms with van der Waals surface area (Å²) in [4.78, 5) is 23.1. The Morgan fingerprint density at radius 1 is 1.00 bits per heavy atom. The third-order valence-electron chi connectivity index (χ3n) is 7.49. The number of thiazole rings is 1. The number of azo groups is 1. The molecule has 0 amide bonds. The van der Waals surface area contributed by atoms with E-state index in [1.165, 1.54) is 22.3 Å². The van der Waals surface area contributed by atoms with Gasteiger partial charge in [-0.25, -0.2) is 10.2 Å². The Hall–Kier alpha value is -4.17. The van der Waals surface area contributed by atoms with Crippen LogP contribution in [0, 0.1) is 6.92 Å². The highest BCUT2D eigenvalue weighted by molar-refractivity contribution is 7.94. The van der Waals surface area contributed by atoms with Gasteiger partial charge in [0.05, 0.1) is 28.0 Å². The van der Waals surface area contributed by atoms with E-state index in [9.17, 15) is 25.9 Å². The number of nitrogens with zero attached hydrogens (tertiary/aromatic N) is 8. The Balaban J connectivity index is 1.44. The molecular formula is C29H36N12O11S5. The van der Waals surface area contributed by atoms with Crippen molar-refractivity contribution in [1.29, 1.82) is 0 Å². The van der Waals surface area contributed by atoms with Crippen molar-refractivity contribution in [3.8, 4) is 5.13 Å². The van der Waals surface area contributed by atoms with Crippen molar-refractivity contribution in [2.24, 2.45) is 10.2 Å². The van der Waals surface area contributed by atoms with Crippen LogP contribution in [0.25, 0.3) is 15.3 Å². The number of nitrogens with one attached hydrogen (secondary N) is 4. The largest absolute Gasteiger partial charge is 0.367 e. The van der Waals surface area contributed by atoms with Crippen LogP contribution in [-0.4, -0.2) is 92.6 Å². The van der Waals surface area contributed by atoms with E-state index in [0.717, 1.165) is 28.8 Å². The average molecular weight is 889 g/mol. The van der Waals surface area contributed by atoms with Gasteiger partial charge in [-0.15, -0.1) is 29.0 Å². The summed E-state index contributed by atoms with van der Waals surface area (Å²) >= 11 is 3.12. The topological polar surface area (TPSA) is 308 Å². The number of hydrogen-bond donors (Lipinski definition) is 7. The molecule has 308 valence electrons. The highest BCUT2D eigenvalue weighted by atomic mass is 32.2. The summed E-state index contributed by atoms with van der Waals surface area (Å²) < 4.78 is 79.1. The lowest BCUT2D eigenvalue weighted by Gasteiger charge is -2.21. The number of hydrogen-bond acceptors (Lipinski definition) is 23. The van der Waals surface area contributed by atoms with E-state index >= 15 is 0 Å². The van der Waals surface area contributed by atoms with Gasteiger partial charge in [0.1, 0.15) is 11.2 Å². The first kappa shape index (κ1) is 43.9. The van der Waals surface area contributed by atoms with Crippen molar-refractivity contribution in [1.82, 2.24) is 35.2 Å². The maximum absolute atomic E-state index is 12.5. The molecule has 0 aliphatic rings. The second kappa shape index (κ2) is 20.0. The Morgan fingerprint density at radius 3 is 2.49 bits per heavy atom. The summed E-state index contributed by atoms with van der Waals surface area (Å²) in [7, 11) is -7.43. The smallest absolute Gasteiger partial charge is 0.295 e. The number of hydroxylamine groups is 1. The molecule has 5 aromatic rings. The maximum atomic E-state index is 12.5. The summed E-state index contributed by atoms with van der Waals surface area (Å²) in [6.07, 6.45) is 2.06. The fraction of sp³-hybridized carbons (Fsp3) is 0.345. The third-order valence-corrected chi connectivity index (χ3v) is 11.4. The molecule has 3 aromatic heterocycles. The molecule has 0 fully saturated rings. The summed E-state index contributed by atoms with van der Waals surface area (Å²) in [5.74, 6) is -0.276. The molecular weight excluding hydrogens is 853 g/mol. The molecule has 5 rings (SSSR count). The summed E-state index contributed by atoms with van der Waals surface area (Å²) in [5.41, 5.74) is 4.90. The molecule has 7 N–H and O–H groups in total. The van der Waals surface area contributed by atoms with Crippen molar-refractivity contribution in [2.75, 3.05) is 47.6 Å². The van der Waals surface area contributed by atoms with Crippen LogP contribution in [0.1, 0.15) is 30.5 Å². The van der Waals surface area contributed by atoms with Crippen LogP contribution in [0.2, 0.25) is 0 Å². The highest BCUT2D eigenvalue weighted by Gasteiger charge is 2.25. The van der Waals surface area contributed by atoms with E-state index in [-0.39, 0.29) is 47.1 Å². The molecule has 28 heteroatoms. The molecule has 0 unspecified atom stereocenters. The quantitative estimate of drug-likeness (QED) is 0.0115. The van der Waals surface area contributed by atoms with Crippen LogP contribution < -0.4 is 21.4 Å². The van der Waals surface area contributed by atoms with Crippen molar-refractivity contribution in [3.05, 3.63) is 47.3 Å². The number of benzene rings is 2. The van der Waals surface area contributed by atoms with Gasteiger partial charge in [0.2, 0.25) is 11.1 Å². The SMILES string of the molecule is CCc1cc(C)c(S(=O)(=O)O)c(CC)c1Nc1nc(NC)nc(NCCS(=O)(=O)O)c1N=Nc1ncn(-c2nc3ccc(SOONCCSOOO)cc3s2)n1. The molecule has 0 aliphatic carbocycles. The Labute approximate surface area is 338 Å². The zero-order valence-electron chi connectivity index (χ0n) is 30.4. The van der Waals surface area contributed by atoms with E-state index in [0.29, 0.717) is 56.6 Å². The summed E-state index contributed by atoms with van der Waals surface area (Å²) in [6.45, 7) is 5.26. The first-order valence-electron chi connectivity index (χ1n) is 16.5. The second-order valence-corrected chi connectivity index (χ2v) is 16.8. The predicted molar refractivity (Wildman–Crippen MR) is 212 cm³/mol. The Bertz CT molecular complexity index is 2430. The van der Waals surface area contributed by atoms with Crippen LogP contribution in [0.3, 0.4) is 0 Å². The molecule has 0 saturated heterocycles. The van der Waals surface area contributed by atoms with Gasteiger partial charge in [0.25, 0.3) is 26.2 Å². The lowest BCUT2D eigenvalue weighted by atomic mass is 9.99. The number of aromatic nitrogens is 6. The molecule has 2 aromatic carbocycles. The minimum atomic E-state index is -4.63. The molecule has 0 radical (unpaired) electrons. The van der Waals surface area contributed by atoms with Crippen molar-refractivity contribution in [2.45, 2.75) is 43.4 Å². The summed E-state index contributed by atoms with van der Waals surface area (Å²) in [6, 6.07) is 7.05. The molecule has 0 aliphatic heterocycles. The third kappa shape index (κ3) is 11.9. The molecule has 0 atom stereocenters. The van der Waals surface area contributed by atoms with Crippen LogP contribution in [0.4, 0.5) is 34.9 Å². The molecule has 3 heterocycles. The van der Waals surface area contributed by atoms with Gasteiger partial charge in [-0.05, 0) is 54.7 Å². The standard InChI is InChI=1S/C29H36N12O11S5/c1-5-17-13-16(3)24(57(46,47)48)19(6-2)22(17)35-26-23(25(36-27(30-4)37-26)31-10-12-56(43,44)45)38-39-28-32-15-41(40-28)29-34-20-8-7-18(14-21(20)54-29)55-51-49-33-9-11-53-52-50-42/h7-8,13-15,33,42H,5-6,9-12H2,1-4H3,(H,43,44,45)(H,46,47,48)(H3,30,31,35,36,37). The minimum absolute atomic E-state index is 0.00587. The minimum Gasteiger partial charge on any atom is -0.367 e. The monoisotopic (exact) mass is 888 g/mol. The van der Waals surface area contributed by atoms with Gasteiger partial charge < -0.3 is 16.0 Å². The first-order valence-corrected chi connectivity index (χ1v) is 22.0. The van der Waals surface area contributed by atoms with Crippen LogP contribution in [-0.2, 0) is 51.8 Å². The fourth-order valence-corrected chi connectivity index (χ4v) is 8.27. The van der Waals surface area contributed by atoms with Gasteiger partial charge in [-0.1, -0.05) is 36.3 Å². The van der Waals surface area contributed by atoms with Gasteiger partial charge in [-0.3, -0.25) is 9.11 Å². The maximum Gasteiger partial charge on any atom is 0.295 e. The van der Waals surface area contributed by atoms with E-state index < -0.39 is 26.0 Å². The molecule has 0 saturated carbocycles. The second-order valence-electron chi connectivity index (χ2n) is 11.3. The van der Waals surface area contributed by atoms with Crippen molar-refractivity contribution in [3.63, 3.8) is 0 Å². The Morgan fingerprint density at radius 2 is 1.79 bits per heavy atom. The Kier molecular flexibility index (Phi) is 15.4. The average Bonchev–Trinajstić information content (AvgIpc) is 3.82. The van der Waals surface area contributed by atoms with Crippen LogP contribution >= 0.6 is 35.4 Å². The lowest BCUT2D eigenvalue weighted by Crippen LogP contribution is -2.16. The van der Waals surface area contributed by atoms with Crippen LogP contribution in [0.5, 0.6) is 0 Å². The summed E-state index contributed by atoms with van der Waals surface area (Å²) in [5, 5.41) is 33.8. The predicted octanol–water partition coefficient (Wildman–Crippen LogP) is 5.38. The normalized spacial score (nSPS) is 12.2. The molecule has 0 bridgehead atoms. The lowest BCUT2D eigenvalue weighted by molar-refractivity contribution is -0.432. The van der Waals surface area contributed by atoms with E-state index in [2.05, 4.69) is 66.1 Å². The van der Waals surface area contributed by atoms with E-state index in [1.807, 2.05) is 13.0 Å². The van der Waals surface area contributed by atoms with Crippen molar-refractivity contribution >= 4 is 101 Å². The number of anilines is 4. The first-order chi connectivity index (χ1) is 27.2. The number of rotatable bonds is 22. The molecule has 23 nitrogen and oxygen atoms in total. The zero-order chi connectivity index (χ0) is 41.2. The van der Waals surface area contributed by atoms with Gasteiger partial charge in [0, 0.05) is 48.5 Å². The van der Waals surface area contributed by atoms with E-state index in [4.69, 9.17) is 14.6 Å². The fourth-order valence-electron chi connectivity index (χ4n) is 5.15. The number of aryl methyl sites for hydroxylation is 2. The van der Waals surface area contributed by atoms with Gasteiger partial charge in [-0.2, -0.15) is 41.9 Å². The van der Waals surface area contributed by atoms with E-state index in [1.54, 1.807) is 39.1 Å². The van der Waals surface area contributed by atoms with Crippen LogP contribution in [0.15, 0.2) is 50.6 Å². The zero-order valence-corrected chi connectivity index (χ0v) is 34.4. The molecule has 57 heavy (non-hydrogen) atoms. The van der Waals surface area contributed by atoms with Crippen molar-refractivity contribution < 1.29 is 49.9 Å². The van der Waals surface area contributed by atoms with Gasteiger partial charge in [0.15, 0.2) is 17.3 Å². The molecule has 0 spiro atoms. The number of fused-ring (bicyclic) bond motifs is 1. The van der Waals surface area contributed by atoms with Gasteiger partial charge >= 0.3 is 0 Å².